The SMILES string of the molecule is CCN(CC(C)(C)O)C(=O)C1(C)CCCO1. The van der Waals surface area contributed by atoms with Crippen LogP contribution in [0.2, 0.25) is 0 Å². The zero-order valence-corrected chi connectivity index (χ0v) is 10.7. The molecule has 1 rings (SSSR count). The van der Waals surface area contributed by atoms with Crippen LogP contribution in [-0.4, -0.2) is 46.8 Å². The Morgan fingerprint density at radius 3 is 2.56 bits per heavy atom. The van der Waals surface area contributed by atoms with Crippen molar-refractivity contribution in [1.29, 1.82) is 0 Å². The zero-order valence-electron chi connectivity index (χ0n) is 10.7. The molecule has 1 aliphatic heterocycles. The van der Waals surface area contributed by atoms with Gasteiger partial charge >= 0.3 is 0 Å². The quantitative estimate of drug-likeness (QED) is 0.787. The number of aliphatic hydroxyl groups is 1. The van der Waals surface area contributed by atoms with Crippen LogP contribution in [-0.2, 0) is 9.53 Å². The van der Waals surface area contributed by atoms with Crippen molar-refractivity contribution in [1.82, 2.24) is 4.90 Å². The minimum Gasteiger partial charge on any atom is -0.389 e. The summed E-state index contributed by atoms with van der Waals surface area (Å²) >= 11 is 0. The fraction of sp³-hybridized carbons (Fsp3) is 0.917. The summed E-state index contributed by atoms with van der Waals surface area (Å²) in [6.45, 7) is 8.78. The molecule has 0 aromatic rings. The van der Waals surface area contributed by atoms with Gasteiger partial charge in [-0.1, -0.05) is 0 Å². The third-order valence-electron chi connectivity index (χ3n) is 2.92. The molecule has 1 heterocycles. The number of carbonyl (C=O) groups excluding carboxylic acids is 1. The van der Waals surface area contributed by atoms with E-state index < -0.39 is 11.2 Å². The molecule has 94 valence electrons. The second kappa shape index (κ2) is 4.72. The fourth-order valence-corrected chi connectivity index (χ4v) is 2.08. The van der Waals surface area contributed by atoms with E-state index in [1.165, 1.54) is 0 Å². The number of rotatable bonds is 4. The number of nitrogens with zero attached hydrogens (tertiary/aromatic N) is 1. The molecule has 1 amide bonds. The van der Waals surface area contributed by atoms with Crippen LogP contribution in [0.15, 0.2) is 0 Å². The molecule has 0 aromatic heterocycles. The van der Waals surface area contributed by atoms with Crippen LogP contribution >= 0.6 is 0 Å². The van der Waals surface area contributed by atoms with Gasteiger partial charge in [-0.2, -0.15) is 0 Å². The van der Waals surface area contributed by atoms with E-state index in [9.17, 15) is 9.90 Å². The summed E-state index contributed by atoms with van der Waals surface area (Å²) in [5, 5.41) is 9.76. The summed E-state index contributed by atoms with van der Waals surface area (Å²) in [4.78, 5) is 13.9. The highest BCUT2D eigenvalue weighted by Crippen LogP contribution is 2.27. The molecule has 4 heteroatoms. The van der Waals surface area contributed by atoms with Gasteiger partial charge in [-0.25, -0.2) is 0 Å². The highest BCUT2D eigenvalue weighted by molar-refractivity contribution is 5.85. The van der Waals surface area contributed by atoms with Crippen molar-refractivity contribution in [3.8, 4) is 0 Å². The van der Waals surface area contributed by atoms with E-state index in [4.69, 9.17) is 4.74 Å². The molecule has 0 saturated carbocycles. The van der Waals surface area contributed by atoms with Crippen molar-refractivity contribution in [2.75, 3.05) is 19.7 Å². The lowest BCUT2D eigenvalue weighted by molar-refractivity contribution is -0.153. The molecular formula is C12H23NO3. The molecule has 4 nitrogen and oxygen atoms in total. The van der Waals surface area contributed by atoms with E-state index in [1.54, 1.807) is 18.7 Å². The molecular weight excluding hydrogens is 206 g/mol. The van der Waals surface area contributed by atoms with Gasteiger partial charge in [0.1, 0.15) is 5.60 Å². The van der Waals surface area contributed by atoms with Crippen LogP contribution in [0.5, 0.6) is 0 Å². The molecule has 0 aliphatic carbocycles. The van der Waals surface area contributed by atoms with Crippen molar-refractivity contribution in [2.24, 2.45) is 0 Å². The van der Waals surface area contributed by atoms with Gasteiger partial charge in [0.2, 0.25) is 0 Å². The Bertz CT molecular complexity index is 251. The van der Waals surface area contributed by atoms with Crippen LogP contribution in [0.1, 0.15) is 40.5 Å². The molecule has 0 aromatic carbocycles. The van der Waals surface area contributed by atoms with Crippen molar-refractivity contribution in [3.05, 3.63) is 0 Å². The molecule has 1 atom stereocenters. The Balaban J connectivity index is 2.69. The molecule has 1 fully saturated rings. The summed E-state index contributed by atoms with van der Waals surface area (Å²) in [5.41, 5.74) is -1.54. The monoisotopic (exact) mass is 229 g/mol. The first kappa shape index (κ1) is 13.5. The molecule has 1 saturated heterocycles. The molecule has 0 spiro atoms. The molecule has 0 radical (unpaired) electrons. The summed E-state index contributed by atoms with van der Waals surface area (Å²) in [7, 11) is 0. The van der Waals surface area contributed by atoms with E-state index in [-0.39, 0.29) is 5.91 Å². The Labute approximate surface area is 97.6 Å². The maximum atomic E-state index is 12.3. The Morgan fingerprint density at radius 2 is 2.19 bits per heavy atom. The third-order valence-corrected chi connectivity index (χ3v) is 2.92. The largest absolute Gasteiger partial charge is 0.389 e. The second-order valence-corrected chi connectivity index (χ2v) is 5.31. The number of ether oxygens (including phenoxy) is 1. The lowest BCUT2D eigenvalue weighted by atomic mass is 9.99. The van der Waals surface area contributed by atoms with Gasteiger partial charge < -0.3 is 14.7 Å². The highest BCUT2D eigenvalue weighted by atomic mass is 16.5. The predicted molar refractivity (Wildman–Crippen MR) is 62.1 cm³/mol. The number of hydrogen-bond donors (Lipinski definition) is 1. The van der Waals surface area contributed by atoms with E-state index in [0.29, 0.717) is 19.7 Å². The van der Waals surface area contributed by atoms with Crippen molar-refractivity contribution >= 4 is 5.91 Å². The smallest absolute Gasteiger partial charge is 0.254 e. The summed E-state index contributed by atoms with van der Waals surface area (Å²) in [6.07, 6.45) is 1.70. The van der Waals surface area contributed by atoms with Gasteiger partial charge in [-0.15, -0.1) is 0 Å². The van der Waals surface area contributed by atoms with Gasteiger partial charge in [0, 0.05) is 19.7 Å². The van der Waals surface area contributed by atoms with Crippen LogP contribution in [0.3, 0.4) is 0 Å². The summed E-state index contributed by atoms with van der Waals surface area (Å²) < 4.78 is 5.53. The van der Waals surface area contributed by atoms with E-state index in [1.807, 2.05) is 13.8 Å². The highest BCUT2D eigenvalue weighted by Gasteiger charge is 2.41. The molecule has 1 unspecified atom stereocenters. The molecule has 0 bridgehead atoms. The maximum Gasteiger partial charge on any atom is 0.254 e. The second-order valence-electron chi connectivity index (χ2n) is 5.31. The predicted octanol–water partition coefficient (Wildman–Crippen LogP) is 1.17. The Morgan fingerprint density at radius 1 is 1.56 bits per heavy atom. The number of hydrogen-bond acceptors (Lipinski definition) is 3. The first-order valence-electron chi connectivity index (χ1n) is 5.94. The minimum atomic E-state index is -0.860. The average Bonchev–Trinajstić information content (AvgIpc) is 2.60. The third kappa shape index (κ3) is 3.19. The van der Waals surface area contributed by atoms with Gasteiger partial charge in [-0.05, 0) is 40.5 Å². The van der Waals surface area contributed by atoms with Gasteiger partial charge in [0.25, 0.3) is 5.91 Å². The van der Waals surface area contributed by atoms with Gasteiger partial charge in [0.05, 0.1) is 5.60 Å². The number of likely N-dealkylation sites (N-methyl/N-ethyl adjacent to an activating group) is 1. The van der Waals surface area contributed by atoms with E-state index in [0.717, 1.165) is 12.8 Å². The van der Waals surface area contributed by atoms with E-state index >= 15 is 0 Å². The molecule has 1 aliphatic rings. The topological polar surface area (TPSA) is 49.8 Å². The normalized spacial score (nSPS) is 25.8. The van der Waals surface area contributed by atoms with Gasteiger partial charge in [0.15, 0.2) is 0 Å². The van der Waals surface area contributed by atoms with Crippen LogP contribution in [0.4, 0.5) is 0 Å². The fourth-order valence-electron chi connectivity index (χ4n) is 2.08. The van der Waals surface area contributed by atoms with Crippen molar-refractivity contribution < 1.29 is 14.6 Å². The Kier molecular flexibility index (Phi) is 3.97. The molecule has 1 N–H and O–H groups in total. The summed E-state index contributed by atoms with van der Waals surface area (Å²) in [6, 6.07) is 0. The first-order valence-corrected chi connectivity index (χ1v) is 5.94. The van der Waals surface area contributed by atoms with Crippen LogP contribution in [0.25, 0.3) is 0 Å². The maximum absolute atomic E-state index is 12.3. The zero-order chi connectivity index (χ0) is 12.4. The van der Waals surface area contributed by atoms with Crippen molar-refractivity contribution in [3.63, 3.8) is 0 Å². The Hall–Kier alpha value is -0.610. The van der Waals surface area contributed by atoms with Crippen molar-refractivity contribution in [2.45, 2.75) is 51.7 Å². The summed E-state index contributed by atoms with van der Waals surface area (Å²) in [5.74, 6) is -0.00498. The first-order chi connectivity index (χ1) is 7.28. The van der Waals surface area contributed by atoms with E-state index in [2.05, 4.69) is 0 Å². The standard InChI is InChI=1S/C12H23NO3/c1-5-13(9-11(2,3)15)10(14)12(4)7-6-8-16-12/h15H,5-9H2,1-4H3. The average molecular weight is 229 g/mol. The lowest BCUT2D eigenvalue weighted by Gasteiger charge is -2.33. The van der Waals surface area contributed by atoms with Crippen LogP contribution in [0, 0.1) is 0 Å². The van der Waals surface area contributed by atoms with Crippen LogP contribution < -0.4 is 0 Å². The lowest BCUT2D eigenvalue weighted by Crippen LogP contribution is -2.51. The number of carbonyl (C=O) groups is 1. The molecule has 16 heavy (non-hydrogen) atoms. The van der Waals surface area contributed by atoms with Gasteiger partial charge in [-0.3, -0.25) is 4.79 Å². The minimum absolute atomic E-state index is 0.00498. The number of amides is 1.